The number of aromatic nitrogens is 1. The fraction of sp³-hybridized carbons (Fsp3) is 0.312. The number of methoxy groups -OCH3 is 2. The van der Waals surface area contributed by atoms with E-state index >= 15 is 0 Å². The molecule has 7 nitrogen and oxygen atoms in total. The number of carbonyl (C=O) groups excluding carboxylic acids is 2. The summed E-state index contributed by atoms with van der Waals surface area (Å²) in [5.41, 5.74) is 2.86. The molecule has 1 aromatic heterocycles. The molecule has 0 aliphatic heterocycles. The van der Waals surface area contributed by atoms with Gasteiger partial charge in [0.15, 0.2) is 11.5 Å². The summed E-state index contributed by atoms with van der Waals surface area (Å²) in [4.78, 5) is 28.4. The van der Waals surface area contributed by atoms with E-state index in [4.69, 9.17) is 9.47 Å². The smallest absolute Gasteiger partial charge is 0.252 e. The molecule has 8 heteroatoms. The monoisotopic (exact) mass is 349 g/mol. The number of thiazole rings is 1. The summed E-state index contributed by atoms with van der Waals surface area (Å²) in [6, 6.07) is 4.13. The van der Waals surface area contributed by atoms with Gasteiger partial charge in [-0.05, 0) is 25.1 Å². The highest BCUT2D eigenvalue weighted by molar-refractivity contribution is 7.07. The van der Waals surface area contributed by atoms with Crippen LogP contribution >= 0.6 is 11.3 Å². The van der Waals surface area contributed by atoms with Crippen LogP contribution in [0.2, 0.25) is 0 Å². The van der Waals surface area contributed by atoms with Crippen LogP contribution < -0.4 is 20.1 Å². The lowest BCUT2D eigenvalue weighted by molar-refractivity contribution is -0.122. The molecule has 2 rings (SSSR count). The third-order valence-electron chi connectivity index (χ3n) is 3.31. The summed E-state index contributed by atoms with van der Waals surface area (Å²) in [6.45, 7) is 1.95. The Kier molecular flexibility index (Phi) is 6.14. The Labute approximate surface area is 144 Å². The second kappa shape index (κ2) is 8.30. The number of benzene rings is 1. The van der Waals surface area contributed by atoms with Gasteiger partial charge in [-0.3, -0.25) is 9.59 Å². The molecule has 0 aliphatic carbocycles. The lowest BCUT2D eigenvalue weighted by Gasteiger charge is -2.14. The van der Waals surface area contributed by atoms with Crippen molar-refractivity contribution < 1.29 is 19.1 Å². The molecule has 2 aromatic rings. The summed E-state index contributed by atoms with van der Waals surface area (Å²) >= 11 is 1.46. The summed E-state index contributed by atoms with van der Waals surface area (Å²) in [5, 5.41) is 7.23. The van der Waals surface area contributed by atoms with Gasteiger partial charge in [-0.25, -0.2) is 4.98 Å². The second-order valence-corrected chi connectivity index (χ2v) is 5.68. The fourth-order valence-electron chi connectivity index (χ4n) is 1.98. The molecular weight excluding hydrogens is 330 g/mol. The number of ether oxygens (including phenoxy) is 2. The third-order valence-corrected chi connectivity index (χ3v) is 3.95. The van der Waals surface area contributed by atoms with Gasteiger partial charge >= 0.3 is 0 Å². The average Bonchev–Trinajstić information content (AvgIpc) is 3.12. The van der Waals surface area contributed by atoms with Gasteiger partial charge in [0, 0.05) is 10.9 Å². The summed E-state index contributed by atoms with van der Waals surface area (Å²) in [6.07, 6.45) is 0. The number of nitrogens with zero attached hydrogens (tertiary/aromatic N) is 1. The quantitative estimate of drug-likeness (QED) is 0.792. The van der Waals surface area contributed by atoms with E-state index < -0.39 is 6.04 Å². The minimum absolute atomic E-state index is 0.281. The fourth-order valence-corrected chi connectivity index (χ4v) is 2.54. The molecule has 0 radical (unpaired) electrons. The van der Waals surface area contributed by atoms with Gasteiger partial charge in [0.05, 0.1) is 32.0 Å². The number of hydrogen-bond donors (Lipinski definition) is 2. The highest BCUT2D eigenvalue weighted by atomic mass is 32.1. The molecule has 0 spiro atoms. The van der Waals surface area contributed by atoms with Crippen molar-refractivity contribution in [1.82, 2.24) is 15.6 Å². The molecule has 0 bridgehead atoms. The lowest BCUT2D eigenvalue weighted by atomic mass is 10.1. The molecule has 0 saturated carbocycles. The van der Waals surface area contributed by atoms with Crippen molar-refractivity contribution >= 4 is 23.2 Å². The Hall–Kier alpha value is -2.61. The SMILES string of the molecule is COc1ccc(C(=O)N[C@H](C)C(=O)NCc2cscn2)cc1OC. The summed E-state index contributed by atoms with van der Waals surface area (Å²) in [7, 11) is 3.01. The molecule has 24 heavy (non-hydrogen) atoms. The lowest BCUT2D eigenvalue weighted by Crippen LogP contribution is -2.44. The van der Waals surface area contributed by atoms with Gasteiger partial charge < -0.3 is 20.1 Å². The predicted octanol–water partition coefficient (Wildman–Crippen LogP) is 1.59. The van der Waals surface area contributed by atoms with Crippen LogP contribution in [0.25, 0.3) is 0 Å². The minimum atomic E-state index is -0.677. The van der Waals surface area contributed by atoms with Crippen LogP contribution in [-0.2, 0) is 11.3 Å². The highest BCUT2D eigenvalue weighted by Crippen LogP contribution is 2.27. The molecule has 0 fully saturated rings. The molecule has 1 atom stereocenters. The molecule has 128 valence electrons. The third kappa shape index (κ3) is 4.45. The molecule has 2 amide bonds. The number of hydrogen-bond acceptors (Lipinski definition) is 6. The maximum atomic E-state index is 12.3. The van der Waals surface area contributed by atoms with E-state index in [0.29, 0.717) is 23.6 Å². The first kappa shape index (κ1) is 17.7. The number of rotatable bonds is 7. The maximum Gasteiger partial charge on any atom is 0.252 e. The van der Waals surface area contributed by atoms with E-state index in [2.05, 4.69) is 15.6 Å². The topological polar surface area (TPSA) is 89.5 Å². The van der Waals surface area contributed by atoms with Gasteiger partial charge in [0.2, 0.25) is 5.91 Å². The predicted molar refractivity (Wildman–Crippen MR) is 90.4 cm³/mol. The zero-order valence-corrected chi connectivity index (χ0v) is 14.5. The molecule has 1 heterocycles. The normalized spacial score (nSPS) is 11.5. The first-order valence-corrected chi connectivity index (χ1v) is 8.17. The van der Waals surface area contributed by atoms with E-state index in [1.54, 1.807) is 30.6 Å². The molecule has 0 unspecified atom stereocenters. The molecular formula is C16H19N3O4S. The van der Waals surface area contributed by atoms with Crippen molar-refractivity contribution in [2.45, 2.75) is 19.5 Å². The van der Waals surface area contributed by atoms with E-state index in [0.717, 1.165) is 5.69 Å². The number of amides is 2. The standard InChI is InChI=1S/C16H19N3O4S/c1-10(15(20)17-7-12-8-24-9-18-12)19-16(21)11-4-5-13(22-2)14(6-11)23-3/h4-6,8-10H,7H2,1-3H3,(H,17,20)(H,19,21)/t10-/m1/s1. The van der Waals surface area contributed by atoms with Gasteiger partial charge in [-0.1, -0.05) is 0 Å². The Morgan fingerprint density at radius 3 is 2.62 bits per heavy atom. The number of carbonyl (C=O) groups is 2. The highest BCUT2D eigenvalue weighted by Gasteiger charge is 2.17. The summed E-state index contributed by atoms with van der Waals surface area (Å²) in [5.74, 6) is 0.331. The van der Waals surface area contributed by atoms with E-state index in [1.165, 1.54) is 25.6 Å². The van der Waals surface area contributed by atoms with Crippen molar-refractivity contribution in [1.29, 1.82) is 0 Å². The first-order valence-electron chi connectivity index (χ1n) is 7.22. The minimum Gasteiger partial charge on any atom is -0.493 e. The van der Waals surface area contributed by atoms with E-state index in [-0.39, 0.29) is 11.8 Å². The largest absolute Gasteiger partial charge is 0.493 e. The van der Waals surface area contributed by atoms with Crippen molar-refractivity contribution in [3.8, 4) is 11.5 Å². The zero-order chi connectivity index (χ0) is 17.5. The van der Waals surface area contributed by atoms with Crippen LogP contribution in [0.15, 0.2) is 29.1 Å². The van der Waals surface area contributed by atoms with Crippen molar-refractivity contribution in [3.05, 3.63) is 40.3 Å². The summed E-state index contributed by atoms with van der Waals surface area (Å²) < 4.78 is 10.3. The van der Waals surface area contributed by atoms with Gasteiger partial charge in [-0.2, -0.15) is 0 Å². The molecule has 1 aromatic carbocycles. The zero-order valence-electron chi connectivity index (χ0n) is 13.7. The van der Waals surface area contributed by atoms with Gasteiger partial charge in [0.25, 0.3) is 5.91 Å². The Balaban J connectivity index is 1.94. The van der Waals surface area contributed by atoms with E-state index in [1.807, 2.05) is 5.38 Å². The van der Waals surface area contributed by atoms with Crippen LogP contribution in [0.3, 0.4) is 0 Å². The Morgan fingerprint density at radius 2 is 2.00 bits per heavy atom. The van der Waals surface area contributed by atoms with Crippen molar-refractivity contribution in [3.63, 3.8) is 0 Å². The van der Waals surface area contributed by atoms with Gasteiger partial charge in [-0.15, -0.1) is 11.3 Å². The van der Waals surface area contributed by atoms with Crippen molar-refractivity contribution in [2.24, 2.45) is 0 Å². The van der Waals surface area contributed by atoms with E-state index in [9.17, 15) is 9.59 Å². The molecule has 0 aliphatic rings. The second-order valence-electron chi connectivity index (χ2n) is 4.96. The van der Waals surface area contributed by atoms with Crippen LogP contribution in [-0.4, -0.2) is 37.1 Å². The van der Waals surface area contributed by atoms with Crippen LogP contribution in [0, 0.1) is 0 Å². The van der Waals surface area contributed by atoms with Gasteiger partial charge in [0.1, 0.15) is 6.04 Å². The first-order chi connectivity index (χ1) is 11.5. The average molecular weight is 349 g/mol. The Morgan fingerprint density at radius 1 is 1.25 bits per heavy atom. The molecule has 0 saturated heterocycles. The van der Waals surface area contributed by atoms with Crippen molar-refractivity contribution in [2.75, 3.05) is 14.2 Å². The van der Waals surface area contributed by atoms with Crippen LogP contribution in [0.5, 0.6) is 11.5 Å². The Bertz CT molecular complexity index is 703. The van der Waals surface area contributed by atoms with Crippen LogP contribution in [0.4, 0.5) is 0 Å². The molecule has 2 N–H and O–H groups in total. The maximum absolute atomic E-state index is 12.3. The van der Waals surface area contributed by atoms with Crippen LogP contribution in [0.1, 0.15) is 23.0 Å². The number of nitrogens with one attached hydrogen (secondary N) is 2.